The summed E-state index contributed by atoms with van der Waals surface area (Å²) in [6.45, 7) is -0.729. The van der Waals surface area contributed by atoms with Gasteiger partial charge in [-0.05, 0) is 30.8 Å². The van der Waals surface area contributed by atoms with Gasteiger partial charge in [0.2, 0.25) is 6.79 Å². The molecule has 0 unspecified atom stereocenters. The van der Waals surface area contributed by atoms with E-state index in [1.54, 1.807) is 25.2 Å². The van der Waals surface area contributed by atoms with Gasteiger partial charge >= 0.3 is 6.61 Å². The second kappa shape index (κ2) is 12.6. The predicted octanol–water partition coefficient (Wildman–Crippen LogP) is 3.57. The van der Waals surface area contributed by atoms with Crippen molar-refractivity contribution in [1.82, 2.24) is 15.5 Å². The fraction of sp³-hybridized carbons (Fsp3) is 0.381. The standard InChI is InChI=1S/C21H25F3N4O3.HI/c1-25-21(26-7-8-28(2)12-14-3-5-16(22)6-4-14)27-11-15-9-18-19(30-13-29-18)10-17(15)31-20(23)24;/h3-6,9-10,20H,7-8,11-13H2,1-2H3,(H2,25,26,27);1H. The van der Waals surface area contributed by atoms with Crippen LogP contribution in [0.3, 0.4) is 0 Å². The van der Waals surface area contributed by atoms with Gasteiger partial charge < -0.3 is 29.7 Å². The monoisotopic (exact) mass is 566 g/mol. The molecule has 32 heavy (non-hydrogen) atoms. The minimum absolute atomic E-state index is 0. The Morgan fingerprint density at radius 3 is 2.50 bits per heavy atom. The van der Waals surface area contributed by atoms with Crippen LogP contribution in [-0.4, -0.2) is 51.4 Å². The van der Waals surface area contributed by atoms with Gasteiger partial charge in [0.1, 0.15) is 11.6 Å². The highest BCUT2D eigenvalue weighted by molar-refractivity contribution is 14.0. The minimum atomic E-state index is -2.95. The van der Waals surface area contributed by atoms with Crippen LogP contribution in [0, 0.1) is 5.82 Å². The van der Waals surface area contributed by atoms with Crippen LogP contribution >= 0.6 is 24.0 Å². The van der Waals surface area contributed by atoms with Crippen LogP contribution in [-0.2, 0) is 13.1 Å². The summed E-state index contributed by atoms with van der Waals surface area (Å²) in [5, 5.41) is 6.25. The first-order valence-electron chi connectivity index (χ1n) is 9.69. The quantitative estimate of drug-likeness (QED) is 0.275. The molecule has 0 atom stereocenters. The van der Waals surface area contributed by atoms with Gasteiger partial charge in [-0.1, -0.05) is 12.1 Å². The molecule has 7 nitrogen and oxygen atoms in total. The third-order valence-corrected chi connectivity index (χ3v) is 4.59. The number of nitrogens with zero attached hydrogens (tertiary/aromatic N) is 2. The van der Waals surface area contributed by atoms with Crippen molar-refractivity contribution in [3.63, 3.8) is 0 Å². The molecular weight excluding hydrogens is 540 g/mol. The van der Waals surface area contributed by atoms with Gasteiger partial charge in [0.05, 0.1) is 0 Å². The maximum atomic E-state index is 13.0. The summed E-state index contributed by atoms with van der Waals surface area (Å²) in [4.78, 5) is 6.23. The van der Waals surface area contributed by atoms with Crippen molar-refractivity contribution in [3.8, 4) is 17.2 Å². The number of aliphatic imine (C=N–C) groups is 1. The number of rotatable bonds is 9. The molecule has 0 spiro atoms. The van der Waals surface area contributed by atoms with Gasteiger partial charge in [-0.2, -0.15) is 8.78 Å². The largest absolute Gasteiger partial charge is 0.454 e. The third-order valence-electron chi connectivity index (χ3n) is 4.59. The van der Waals surface area contributed by atoms with Crippen molar-refractivity contribution in [2.24, 2.45) is 4.99 Å². The molecule has 0 amide bonds. The summed E-state index contributed by atoms with van der Waals surface area (Å²) in [5.41, 5.74) is 1.50. The molecule has 176 valence electrons. The first-order chi connectivity index (χ1) is 14.9. The fourth-order valence-corrected chi connectivity index (χ4v) is 3.05. The zero-order valence-electron chi connectivity index (χ0n) is 17.7. The molecule has 1 heterocycles. The number of fused-ring (bicyclic) bond motifs is 1. The Bertz CT molecular complexity index is 901. The van der Waals surface area contributed by atoms with Crippen molar-refractivity contribution in [3.05, 3.63) is 53.3 Å². The van der Waals surface area contributed by atoms with E-state index >= 15 is 0 Å². The number of nitrogens with one attached hydrogen (secondary N) is 2. The highest BCUT2D eigenvalue weighted by Gasteiger charge is 2.20. The molecule has 0 saturated heterocycles. The topological polar surface area (TPSA) is 67.4 Å². The van der Waals surface area contributed by atoms with E-state index in [9.17, 15) is 13.2 Å². The average Bonchev–Trinajstić information content (AvgIpc) is 3.19. The van der Waals surface area contributed by atoms with Crippen LogP contribution in [0.5, 0.6) is 17.2 Å². The van der Waals surface area contributed by atoms with Gasteiger partial charge in [-0.25, -0.2) is 4.39 Å². The van der Waals surface area contributed by atoms with E-state index in [4.69, 9.17) is 9.47 Å². The van der Waals surface area contributed by atoms with Gasteiger partial charge in [-0.3, -0.25) is 4.99 Å². The Hall–Kier alpha value is -2.41. The molecule has 2 aromatic carbocycles. The molecule has 0 aromatic heterocycles. The molecule has 0 radical (unpaired) electrons. The van der Waals surface area contributed by atoms with E-state index < -0.39 is 6.61 Å². The third kappa shape index (κ3) is 7.62. The molecule has 0 fully saturated rings. The highest BCUT2D eigenvalue weighted by Crippen LogP contribution is 2.38. The maximum Gasteiger partial charge on any atom is 0.387 e. The fourth-order valence-electron chi connectivity index (χ4n) is 3.05. The lowest BCUT2D eigenvalue weighted by Gasteiger charge is -2.19. The van der Waals surface area contributed by atoms with Gasteiger partial charge in [0.15, 0.2) is 17.5 Å². The number of benzene rings is 2. The Morgan fingerprint density at radius 2 is 1.84 bits per heavy atom. The van der Waals surface area contributed by atoms with Crippen LogP contribution in [0.1, 0.15) is 11.1 Å². The molecule has 0 aliphatic carbocycles. The highest BCUT2D eigenvalue weighted by atomic mass is 127. The average molecular weight is 566 g/mol. The number of guanidine groups is 1. The minimum Gasteiger partial charge on any atom is -0.454 e. The summed E-state index contributed by atoms with van der Waals surface area (Å²) in [6.07, 6.45) is 0. The molecular formula is C21H26F3IN4O3. The van der Waals surface area contributed by atoms with E-state index in [0.29, 0.717) is 42.7 Å². The molecule has 1 aliphatic heterocycles. The van der Waals surface area contributed by atoms with Crippen molar-refractivity contribution in [2.45, 2.75) is 19.7 Å². The van der Waals surface area contributed by atoms with E-state index in [1.165, 1.54) is 18.2 Å². The molecule has 2 aromatic rings. The predicted molar refractivity (Wildman–Crippen MR) is 126 cm³/mol. The Labute approximate surface area is 202 Å². The normalized spacial score (nSPS) is 12.7. The van der Waals surface area contributed by atoms with Gasteiger partial charge in [0.25, 0.3) is 0 Å². The Morgan fingerprint density at radius 1 is 1.16 bits per heavy atom. The maximum absolute atomic E-state index is 13.0. The van der Waals surface area contributed by atoms with Crippen LogP contribution in [0.4, 0.5) is 13.2 Å². The molecule has 3 rings (SSSR count). The number of hydrogen-bond acceptors (Lipinski definition) is 5. The van der Waals surface area contributed by atoms with Crippen LogP contribution in [0.2, 0.25) is 0 Å². The number of alkyl halides is 2. The number of hydrogen-bond donors (Lipinski definition) is 2. The summed E-state index contributed by atoms with van der Waals surface area (Å²) in [6, 6.07) is 9.39. The summed E-state index contributed by atoms with van der Waals surface area (Å²) in [7, 11) is 3.58. The van der Waals surface area contributed by atoms with Crippen LogP contribution < -0.4 is 24.8 Å². The van der Waals surface area contributed by atoms with Crippen molar-refractivity contribution >= 4 is 29.9 Å². The number of halogens is 4. The van der Waals surface area contributed by atoms with Crippen LogP contribution in [0.25, 0.3) is 0 Å². The smallest absolute Gasteiger partial charge is 0.387 e. The second-order valence-corrected chi connectivity index (χ2v) is 6.91. The lowest BCUT2D eigenvalue weighted by atomic mass is 10.1. The molecule has 0 bridgehead atoms. The first kappa shape index (κ1) is 25.8. The number of likely N-dealkylation sites (N-methyl/N-ethyl adjacent to an activating group) is 1. The Kier molecular flexibility index (Phi) is 10.2. The van der Waals surface area contributed by atoms with E-state index in [2.05, 4.69) is 25.3 Å². The first-order valence-corrected chi connectivity index (χ1v) is 9.69. The lowest BCUT2D eigenvalue weighted by Crippen LogP contribution is -2.40. The lowest BCUT2D eigenvalue weighted by molar-refractivity contribution is -0.0505. The van der Waals surface area contributed by atoms with Gasteiger partial charge in [-0.15, -0.1) is 24.0 Å². The van der Waals surface area contributed by atoms with E-state index in [0.717, 1.165) is 5.56 Å². The van der Waals surface area contributed by atoms with E-state index in [-0.39, 0.29) is 48.9 Å². The molecule has 2 N–H and O–H groups in total. The number of ether oxygens (including phenoxy) is 3. The summed E-state index contributed by atoms with van der Waals surface area (Å²) in [5.74, 6) is 1.11. The molecule has 0 saturated carbocycles. The summed E-state index contributed by atoms with van der Waals surface area (Å²) < 4.78 is 53.7. The van der Waals surface area contributed by atoms with Crippen molar-refractivity contribution in [1.29, 1.82) is 0 Å². The molecule has 1 aliphatic rings. The zero-order valence-corrected chi connectivity index (χ0v) is 20.1. The Balaban J connectivity index is 0.00000363. The second-order valence-electron chi connectivity index (χ2n) is 6.91. The SMILES string of the molecule is CN=C(NCCN(C)Cc1ccc(F)cc1)NCc1cc2c(cc1OC(F)F)OCO2.I. The van der Waals surface area contributed by atoms with Gasteiger partial charge in [0, 0.05) is 44.9 Å². The van der Waals surface area contributed by atoms with E-state index in [1.807, 2.05) is 7.05 Å². The zero-order chi connectivity index (χ0) is 22.2. The van der Waals surface area contributed by atoms with Crippen molar-refractivity contribution in [2.75, 3.05) is 34.0 Å². The molecule has 11 heteroatoms. The van der Waals surface area contributed by atoms with Crippen molar-refractivity contribution < 1.29 is 27.4 Å². The van der Waals surface area contributed by atoms with Crippen LogP contribution in [0.15, 0.2) is 41.4 Å². The summed E-state index contributed by atoms with van der Waals surface area (Å²) >= 11 is 0.